The SMILES string of the molecule is O.O.O.O.O.O.O.O.O.O.O=S(=O)([O-])[O-].[Cl-].[K+].[K+].[Na+]. The van der Waals surface area contributed by atoms with Gasteiger partial charge >= 0.3 is 132 Å². The molecule has 0 spiro atoms. The van der Waals surface area contributed by atoms with Gasteiger partial charge in [-0.25, -0.2) is 0 Å². The molecule has 0 fully saturated rings. The average molecular weight is 413 g/mol. The molecule has 19 heteroatoms. The minimum absolute atomic E-state index is 0. The molecule has 0 saturated carbocycles. The van der Waals surface area contributed by atoms with E-state index in [1.54, 1.807) is 0 Å². The molecular formula is H20ClK2NaO14S. The van der Waals surface area contributed by atoms with E-state index in [9.17, 15) is 0 Å². The Balaban J connectivity index is -0.000000000879. The van der Waals surface area contributed by atoms with Crippen molar-refractivity contribution in [2.75, 3.05) is 0 Å². The molecule has 19 heavy (non-hydrogen) atoms. The van der Waals surface area contributed by atoms with Crippen LogP contribution in [-0.4, -0.2) is 72.3 Å². The fraction of sp³-hybridized carbons (Fsp3) is 0. The minimum atomic E-state index is -5.17. The van der Waals surface area contributed by atoms with E-state index in [-0.39, 0.29) is 199 Å². The molecule has 0 aliphatic rings. The zero-order chi connectivity index (χ0) is 4.50. The summed E-state index contributed by atoms with van der Waals surface area (Å²) in [5, 5.41) is 0. The Hall–Kier alpha value is 4.03. The van der Waals surface area contributed by atoms with Gasteiger partial charge in [0.15, 0.2) is 0 Å². The monoisotopic (exact) mass is 412 g/mol. The zero-order valence-electron chi connectivity index (χ0n) is 10.4. The van der Waals surface area contributed by atoms with Crippen molar-refractivity contribution in [1.82, 2.24) is 0 Å². The Bertz CT molecular complexity index is 109. The number of rotatable bonds is 0. The van der Waals surface area contributed by atoms with Crippen molar-refractivity contribution in [3.8, 4) is 0 Å². The van der Waals surface area contributed by atoms with Crippen molar-refractivity contribution < 1.29 is 217 Å². The Morgan fingerprint density at radius 1 is 0.526 bits per heavy atom. The summed E-state index contributed by atoms with van der Waals surface area (Å²) in [6.07, 6.45) is 0. The van der Waals surface area contributed by atoms with Crippen LogP contribution in [0.25, 0.3) is 0 Å². The quantitative estimate of drug-likeness (QED) is 0.212. The van der Waals surface area contributed by atoms with Gasteiger partial charge < -0.3 is 76.3 Å². The van der Waals surface area contributed by atoms with Crippen LogP contribution in [0.5, 0.6) is 0 Å². The van der Waals surface area contributed by atoms with Gasteiger partial charge in [-0.3, -0.25) is 8.42 Å². The summed E-state index contributed by atoms with van der Waals surface area (Å²) in [5.74, 6) is 0. The van der Waals surface area contributed by atoms with E-state index in [2.05, 4.69) is 0 Å². The van der Waals surface area contributed by atoms with Gasteiger partial charge in [0, 0.05) is 10.4 Å². The van der Waals surface area contributed by atoms with Gasteiger partial charge in [-0.15, -0.1) is 0 Å². The van der Waals surface area contributed by atoms with Crippen LogP contribution in [0, 0.1) is 0 Å². The van der Waals surface area contributed by atoms with Crippen LogP contribution in [0.4, 0.5) is 0 Å². The van der Waals surface area contributed by atoms with E-state index >= 15 is 0 Å². The molecule has 0 aromatic carbocycles. The van der Waals surface area contributed by atoms with Gasteiger partial charge in [-0.1, -0.05) is 0 Å². The fourth-order valence-corrected chi connectivity index (χ4v) is 0. The first-order chi connectivity index (χ1) is 2.00. The molecule has 0 saturated heterocycles. The summed E-state index contributed by atoms with van der Waals surface area (Å²) < 4.78 is 34.1. The van der Waals surface area contributed by atoms with E-state index < -0.39 is 10.4 Å². The van der Waals surface area contributed by atoms with E-state index in [4.69, 9.17) is 17.5 Å². The van der Waals surface area contributed by atoms with Gasteiger partial charge in [-0.2, -0.15) is 0 Å². The largest absolute Gasteiger partial charge is 1.00 e. The zero-order valence-corrected chi connectivity index (χ0v) is 20.2. The summed E-state index contributed by atoms with van der Waals surface area (Å²) in [7, 11) is -5.17. The first-order valence-corrected chi connectivity index (χ1v) is 2.00. The third-order valence-electron chi connectivity index (χ3n) is 0. The maximum atomic E-state index is 8.52. The summed E-state index contributed by atoms with van der Waals surface area (Å²) in [5.41, 5.74) is 0. The minimum Gasteiger partial charge on any atom is -1.00 e. The van der Waals surface area contributed by atoms with Crippen LogP contribution >= 0.6 is 0 Å². The molecule has 0 heterocycles. The van der Waals surface area contributed by atoms with Crippen molar-refractivity contribution in [2.45, 2.75) is 0 Å². The normalized spacial score (nSPS) is 3.05. The topological polar surface area (TPSA) is 395 Å². The number of halogens is 1. The average Bonchev–Trinajstić information content (AvgIpc) is 0.722. The first kappa shape index (κ1) is 173. The summed E-state index contributed by atoms with van der Waals surface area (Å²) in [6.45, 7) is 0. The maximum absolute atomic E-state index is 8.52. The van der Waals surface area contributed by atoms with Crippen LogP contribution in [0.15, 0.2) is 0 Å². The molecule has 0 rings (SSSR count). The van der Waals surface area contributed by atoms with Gasteiger partial charge in [0.1, 0.15) is 0 Å². The van der Waals surface area contributed by atoms with Gasteiger partial charge in [-0.05, 0) is 0 Å². The third kappa shape index (κ3) is 544. The van der Waals surface area contributed by atoms with Crippen LogP contribution in [0.1, 0.15) is 0 Å². The Kier molecular flexibility index (Phi) is 883. The first-order valence-electron chi connectivity index (χ1n) is 0.667. The Morgan fingerprint density at radius 2 is 0.526 bits per heavy atom. The van der Waals surface area contributed by atoms with E-state index in [1.807, 2.05) is 0 Å². The molecule has 0 aliphatic heterocycles. The van der Waals surface area contributed by atoms with Gasteiger partial charge in [0.2, 0.25) is 0 Å². The second-order valence-electron chi connectivity index (χ2n) is 0.408. The molecule has 20 N–H and O–H groups in total. The molecule has 14 nitrogen and oxygen atoms in total. The molecule has 0 aromatic rings. The van der Waals surface area contributed by atoms with Gasteiger partial charge in [0.05, 0.1) is 0 Å². The third-order valence-corrected chi connectivity index (χ3v) is 0. The van der Waals surface area contributed by atoms with Crippen LogP contribution in [-0.2, 0) is 10.4 Å². The predicted molar refractivity (Wildman–Crippen MR) is 46.6 cm³/mol. The molecule has 0 amide bonds. The molecule has 0 aliphatic carbocycles. The summed E-state index contributed by atoms with van der Waals surface area (Å²) in [4.78, 5) is 0. The van der Waals surface area contributed by atoms with Crippen LogP contribution < -0.4 is 145 Å². The standard InChI is InChI=1S/ClH.2K.Na.H2O4S.10H2O/c;;;;1-5(2,3)4;;;;;;;;;;/h1H;;;;(H2,1,2,3,4);10*1H2/q;3*+1;;;;;;;;;;;/p-3. The van der Waals surface area contributed by atoms with Crippen molar-refractivity contribution in [3.63, 3.8) is 0 Å². The number of hydrogen-bond donors (Lipinski definition) is 0. The van der Waals surface area contributed by atoms with Crippen molar-refractivity contribution in [3.05, 3.63) is 0 Å². The van der Waals surface area contributed by atoms with Crippen LogP contribution in [0.2, 0.25) is 0 Å². The molecule has 0 aromatic heterocycles. The van der Waals surface area contributed by atoms with Crippen molar-refractivity contribution in [2.24, 2.45) is 0 Å². The Labute approximate surface area is 222 Å². The molecular weight excluding hydrogens is 393 g/mol. The second kappa shape index (κ2) is 96.8. The summed E-state index contributed by atoms with van der Waals surface area (Å²) >= 11 is 0. The van der Waals surface area contributed by atoms with E-state index in [0.29, 0.717) is 0 Å². The second-order valence-corrected chi connectivity index (χ2v) is 1.22. The molecule has 0 unspecified atom stereocenters. The molecule has 0 radical (unpaired) electrons. The van der Waals surface area contributed by atoms with E-state index in [0.717, 1.165) is 0 Å². The molecule has 0 atom stereocenters. The van der Waals surface area contributed by atoms with Crippen molar-refractivity contribution in [1.29, 1.82) is 0 Å². The Morgan fingerprint density at radius 3 is 0.526 bits per heavy atom. The molecule has 0 bridgehead atoms. The van der Waals surface area contributed by atoms with Crippen molar-refractivity contribution >= 4 is 10.4 Å². The predicted octanol–water partition coefficient (Wildman–Crippen LogP) is -21.6. The molecule has 120 valence electrons. The van der Waals surface area contributed by atoms with E-state index in [1.165, 1.54) is 0 Å². The summed E-state index contributed by atoms with van der Waals surface area (Å²) in [6, 6.07) is 0. The van der Waals surface area contributed by atoms with Gasteiger partial charge in [0.25, 0.3) is 0 Å². The number of hydrogen-bond acceptors (Lipinski definition) is 4. The van der Waals surface area contributed by atoms with Crippen LogP contribution in [0.3, 0.4) is 0 Å². The maximum Gasteiger partial charge on any atom is 1.00 e. The fourth-order valence-electron chi connectivity index (χ4n) is 0. The smallest absolute Gasteiger partial charge is 1.00 e.